The van der Waals surface area contributed by atoms with E-state index in [9.17, 15) is 14.3 Å². The van der Waals surface area contributed by atoms with Crippen molar-refractivity contribution in [2.75, 3.05) is 26.7 Å². The zero-order valence-corrected chi connectivity index (χ0v) is 21.3. The predicted octanol–water partition coefficient (Wildman–Crippen LogP) is 3.37. The molecule has 4 rings (SSSR count). The van der Waals surface area contributed by atoms with Gasteiger partial charge in [-0.2, -0.15) is 0 Å². The van der Waals surface area contributed by atoms with Crippen LogP contribution in [0, 0.1) is 23.6 Å². The van der Waals surface area contributed by atoms with E-state index in [-0.39, 0.29) is 42.3 Å². The zero-order chi connectivity index (χ0) is 26.4. The van der Waals surface area contributed by atoms with Crippen LogP contribution in [0.4, 0.5) is 4.39 Å². The minimum Gasteiger partial charge on any atom is -0.472 e. The number of carbonyl (C=O) groups excluding carboxylic acids is 1. The highest BCUT2D eigenvalue weighted by Crippen LogP contribution is 2.27. The Balaban J connectivity index is 1.62. The maximum absolute atomic E-state index is 13.6. The first kappa shape index (κ1) is 26.3. The second-order valence-corrected chi connectivity index (χ2v) is 9.47. The van der Waals surface area contributed by atoms with Crippen molar-refractivity contribution < 1.29 is 19.0 Å². The number of carbonyl (C=O) groups is 1. The number of ether oxygens (including phenoxy) is 1. The number of aromatic nitrogens is 2. The van der Waals surface area contributed by atoms with Crippen molar-refractivity contribution in [1.82, 2.24) is 19.8 Å². The van der Waals surface area contributed by atoms with Crippen molar-refractivity contribution in [3.63, 3.8) is 0 Å². The van der Waals surface area contributed by atoms with Gasteiger partial charge in [-0.3, -0.25) is 14.7 Å². The zero-order valence-electron chi connectivity index (χ0n) is 21.3. The number of aliphatic hydroxyl groups excluding tert-OH is 1. The normalized spacial score (nSPS) is 18.2. The summed E-state index contributed by atoms with van der Waals surface area (Å²) in [6.45, 7) is 5.38. The molecule has 0 aliphatic carbocycles. The minimum absolute atomic E-state index is 0.0166. The van der Waals surface area contributed by atoms with Crippen LogP contribution in [0.5, 0.6) is 5.88 Å². The van der Waals surface area contributed by atoms with Crippen LogP contribution in [-0.4, -0.2) is 69.7 Å². The van der Waals surface area contributed by atoms with E-state index in [1.54, 1.807) is 35.5 Å². The van der Waals surface area contributed by atoms with Crippen LogP contribution in [0.25, 0.3) is 0 Å². The lowest BCUT2D eigenvalue weighted by atomic mass is 10.00. The number of nitrogens with zero attached hydrogens (tertiary/aromatic N) is 4. The molecule has 1 aromatic carbocycles. The molecular weight excluding hydrogens is 471 g/mol. The number of aliphatic hydroxyl groups is 1. The van der Waals surface area contributed by atoms with Gasteiger partial charge in [-0.25, -0.2) is 9.37 Å². The quantitative estimate of drug-likeness (QED) is 0.521. The third-order valence-electron chi connectivity index (χ3n) is 6.37. The Morgan fingerprint density at radius 1 is 1.19 bits per heavy atom. The van der Waals surface area contributed by atoms with Crippen LogP contribution in [0.15, 0.2) is 60.9 Å². The molecule has 0 fully saturated rings. The summed E-state index contributed by atoms with van der Waals surface area (Å²) in [5, 5.41) is 9.86. The highest BCUT2D eigenvalue weighted by atomic mass is 19.1. The summed E-state index contributed by atoms with van der Waals surface area (Å²) in [5.41, 5.74) is 2.44. The summed E-state index contributed by atoms with van der Waals surface area (Å²) in [7, 11) is 2.01. The lowest BCUT2D eigenvalue weighted by Gasteiger charge is -2.37. The molecule has 0 spiro atoms. The van der Waals surface area contributed by atoms with E-state index in [4.69, 9.17) is 4.74 Å². The fourth-order valence-corrected chi connectivity index (χ4v) is 4.21. The maximum atomic E-state index is 13.6. The second kappa shape index (κ2) is 12.0. The minimum atomic E-state index is -0.373. The molecule has 8 heteroatoms. The Morgan fingerprint density at radius 2 is 1.95 bits per heavy atom. The summed E-state index contributed by atoms with van der Waals surface area (Å²) in [4.78, 5) is 26.2. The van der Waals surface area contributed by atoms with Crippen molar-refractivity contribution in [2.24, 2.45) is 5.92 Å². The molecule has 192 valence electrons. The molecule has 3 atom stereocenters. The second-order valence-electron chi connectivity index (χ2n) is 9.47. The number of pyridine rings is 2. The Kier molecular flexibility index (Phi) is 8.49. The fraction of sp³-hybridized carbons (Fsp3) is 0.345. The average Bonchev–Trinajstić information content (AvgIpc) is 2.90. The van der Waals surface area contributed by atoms with Gasteiger partial charge in [0.15, 0.2) is 0 Å². The first-order chi connectivity index (χ1) is 17.8. The topological polar surface area (TPSA) is 78.8 Å². The summed E-state index contributed by atoms with van der Waals surface area (Å²) < 4.78 is 19.5. The van der Waals surface area contributed by atoms with E-state index in [1.165, 1.54) is 12.1 Å². The highest BCUT2D eigenvalue weighted by Gasteiger charge is 2.34. The standard InChI is InChI=1S/C29H31FN4O3/c1-20-16-34(21(2)19-35)29(36)26-14-23(8-7-22-9-11-24(30)12-10-22)15-32-28(26)37-27(20)18-33(3)17-25-6-4-5-13-31-25/h4-6,9-15,20-21,27,35H,16-19H2,1-3H3/t20-,21+,27+/m1/s1. The Labute approximate surface area is 216 Å². The van der Waals surface area contributed by atoms with Crippen molar-refractivity contribution in [1.29, 1.82) is 0 Å². The molecule has 0 saturated carbocycles. The first-order valence-corrected chi connectivity index (χ1v) is 12.3. The van der Waals surface area contributed by atoms with Gasteiger partial charge in [0.25, 0.3) is 5.91 Å². The van der Waals surface area contributed by atoms with Crippen LogP contribution in [-0.2, 0) is 6.54 Å². The third kappa shape index (κ3) is 6.70. The van der Waals surface area contributed by atoms with E-state index in [0.29, 0.717) is 36.3 Å². The number of benzene rings is 1. The smallest absolute Gasteiger partial charge is 0.259 e. The summed E-state index contributed by atoms with van der Waals surface area (Å²) in [6.07, 6.45) is 3.09. The lowest BCUT2D eigenvalue weighted by Crippen LogP contribution is -2.49. The SMILES string of the molecule is C[C@@H]1CN([C@@H](C)CO)C(=O)c2cc(C#Cc3ccc(F)cc3)cnc2O[C@H]1CN(C)Cc1ccccn1. The van der Waals surface area contributed by atoms with E-state index >= 15 is 0 Å². The molecule has 7 nitrogen and oxygen atoms in total. The van der Waals surface area contributed by atoms with E-state index in [2.05, 4.69) is 26.7 Å². The van der Waals surface area contributed by atoms with Gasteiger partial charge in [-0.1, -0.05) is 24.8 Å². The predicted molar refractivity (Wildman–Crippen MR) is 138 cm³/mol. The number of hydrogen-bond donors (Lipinski definition) is 1. The molecule has 3 aromatic rings. The molecule has 1 aliphatic rings. The van der Waals surface area contributed by atoms with Gasteiger partial charge in [-0.05, 0) is 56.4 Å². The number of rotatable bonds is 6. The average molecular weight is 503 g/mol. The number of likely N-dealkylation sites (N-methyl/N-ethyl adjacent to an activating group) is 1. The van der Waals surface area contributed by atoms with Gasteiger partial charge in [0.1, 0.15) is 17.5 Å². The van der Waals surface area contributed by atoms with Gasteiger partial charge < -0.3 is 14.7 Å². The molecular formula is C29H31FN4O3. The molecule has 3 heterocycles. The van der Waals surface area contributed by atoms with Crippen molar-refractivity contribution in [3.05, 3.63) is 89.1 Å². The van der Waals surface area contributed by atoms with Crippen molar-refractivity contribution in [2.45, 2.75) is 32.5 Å². The van der Waals surface area contributed by atoms with E-state index < -0.39 is 0 Å². The summed E-state index contributed by atoms with van der Waals surface area (Å²) in [5.74, 6) is 5.61. The molecule has 0 unspecified atom stereocenters. The molecule has 0 bridgehead atoms. The van der Waals surface area contributed by atoms with Crippen LogP contribution in [0.1, 0.15) is 41.0 Å². The number of halogens is 1. The molecule has 1 aliphatic heterocycles. The van der Waals surface area contributed by atoms with Gasteiger partial charge in [0, 0.05) is 49.1 Å². The Hall–Kier alpha value is -3.80. The first-order valence-electron chi connectivity index (χ1n) is 12.3. The highest BCUT2D eigenvalue weighted by molar-refractivity contribution is 5.97. The molecule has 1 N–H and O–H groups in total. The largest absolute Gasteiger partial charge is 0.472 e. The van der Waals surface area contributed by atoms with E-state index in [0.717, 1.165) is 5.69 Å². The summed E-state index contributed by atoms with van der Waals surface area (Å²) in [6, 6.07) is 13.0. The number of fused-ring (bicyclic) bond motifs is 1. The van der Waals surface area contributed by atoms with Gasteiger partial charge in [0.05, 0.1) is 18.3 Å². The fourth-order valence-electron chi connectivity index (χ4n) is 4.21. The monoisotopic (exact) mass is 502 g/mol. The van der Waals surface area contributed by atoms with Crippen molar-refractivity contribution in [3.8, 4) is 17.7 Å². The van der Waals surface area contributed by atoms with Crippen LogP contribution in [0.2, 0.25) is 0 Å². The maximum Gasteiger partial charge on any atom is 0.259 e. The van der Waals surface area contributed by atoms with Gasteiger partial charge >= 0.3 is 0 Å². The summed E-state index contributed by atoms with van der Waals surface area (Å²) >= 11 is 0. The third-order valence-corrected chi connectivity index (χ3v) is 6.37. The Bertz CT molecular complexity index is 1270. The molecule has 37 heavy (non-hydrogen) atoms. The Morgan fingerprint density at radius 3 is 2.65 bits per heavy atom. The number of amides is 1. The lowest BCUT2D eigenvalue weighted by molar-refractivity contribution is 0.0324. The van der Waals surface area contributed by atoms with Crippen LogP contribution < -0.4 is 4.74 Å². The molecule has 0 saturated heterocycles. The van der Waals surface area contributed by atoms with Crippen molar-refractivity contribution >= 4 is 5.91 Å². The molecule has 2 aromatic heterocycles. The van der Waals surface area contributed by atoms with Gasteiger partial charge in [-0.15, -0.1) is 0 Å². The van der Waals surface area contributed by atoms with Crippen LogP contribution >= 0.6 is 0 Å². The van der Waals surface area contributed by atoms with E-state index in [1.807, 2.05) is 39.1 Å². The van der Waals surface area contributed by atoms with Gasteiger partial charge in [0.2, 0.25) is 5.88 Å². The van der Waals surface area contributed by atoms with Crippen LogP contribution in [0.3, 0.4) is 0 Å². The molecule has 0 radical (unpaired) electrons. The number of hydrogen-bond acceptors (Lipinski definition) is 6. The molecule has 1 amide bonds.